The number of benzene rings is 1. The monoisotopic (exact) mass is 211 g/mol. The lowest BCUT2D eigenvalue weighted by molar-refractivity contribution is 0.487. The number of hydrogen-bond acceptors (Lipinski definition) is 2. The van der Waals surface area contributed by atoms with E-state index in [9.17, 15) is 0 Å². The van der Waals surface area contributed by atoms with Crippen molar-refractivity contribution in [3.05, 3.63) is 59.5 Å². The van der Waals surface area contributed by atoms with E-state index in [4.69, 9.17) is 9.68 Å². The van der Waals surface area contributed by atoms with E-state index in [0.717, 1.165) is 11.3 Å². The second-order valence-electron chi connectivity index (χ2n) is 3.84. The van der Waals surface area contributed by atoms with Crippen LogP contribution in [0.15, 0.2) is 47.1 Å². The van der Waals surface area contributed by atoms with Gasteiger partial charge in [0.05, 0.1) is 18.3 Å². The molecule has 0 radical (unpaired) electrons. The summed E-state index contributed by atoms with van der Waals surface area (Å²) in [7, 11) is 0. The molecule has 0 saturated heterocycles. The van der Waals surface area contributed by atoms with Gasteiger partial charge in [0.25, 0.3) is 0 Å². The van der Waals surface area contributed by atoms with Gasteiger partial charge in [-0.1, -0.05) is 29.8 Å². The van der Waals surface area contributed by atoms with Crippen LogP contribution >= 0.6 is 0 Å². The Morgan fingerprint density at radius 3 is 2.56 bits per heavy atom. The number of rotatable bonds is 3. The molecule has 0 fully saturated rings. The third-order valence-corrected chi connectivity index (χ3v) is 2.66. The first-order chi connectivity index (χ1) is 7.81. The van der Waals surface area contributed by atoms with Gasteiger partial charge < -0.3 is 4.42 Å². The predicted molar refractivity (Wildman–Crippen MR) is 62.0 cm³/mol. The van der Waals surface area contributed by atoms with Gasteiger partial charge in [-0.15, -0.1) is 0 Å². The zero-order valence-electron chi connectivity index (χ0n) is 9.18. The van der Waals surface area contributed by atoms with Crippen LogP contribution in [0.3, 0.4) is 0 Å². The smallest absolute Gasteiger partial charge is 0.112 e. The van der Waals surface area contributed by atoms with Crippen molar-refractivity contribution in [1.82, 2.24) is 0 Å². The maximum absolute atomic E-state index is 8.86. The standard InChI is InChI=1S/C14H13NO/c1-11-4-6-12(7-5-11)13(8-9-15)14-3-2-10-16-14/h2-7,10,13H,8H2,1H3/t13-/m1/s1. The minimum Gasteiger partial charge on any atom is -0.469 e. The molecule has 2 aromatic rings. The van der Waals surface area contributed by atoms with Gasteiger partial charge in [-0.05, 0) is 24.6 Å². The van der Waals surface area contributed by atoms with Crippen LogP contribution in [-0.2, 0) is 0 Å². The van der Waals surface area contributed by atoms with Crippen molar-refractivity contribution in [2.75, 3.05) is 0 Å². The molecule has 1 heterocycles. The van der Waals surface area contributed by atoms with Crippen LogP contribution in [0, 0.1) is 18.3 Å². The maximum atomic E-state index is 8.86. The Morgan fingerprint density at radius 2 is 2.00 bits per heavy atom. The van der Waals surface area contributed by atoms with Gasteiger partial charge in [0, 0.05) is 6.42 Å². The minimum absolute atomic E-state index is 0.0422. The van der Waals surface area contributed by atoms with E-state index >= 15 is 0 Å². The summed E-state index contributed by atoms with van der Waals surface area (Å²) in [5, 5.41) is 8.86. The van der Waals surface area contributed by atoms with Gasteiger partial charge in [0.15, 0.2) is 0 Å². The molecule has 0 N–H and O–H groups in total. The summed E-state index contributed by atoms with van der Waals surface area (Å²) in [5.74, 6) is 0.894. The predicted octanol–water partition coefficient (Wildman–Crippen LogP) is 3.63. The molecule has 2 nitrogen and oxygen atoms in total. The SMILES string of the molecule is Cc1ccc([C@@H](CC#N)c2ccco2)cc1. The topological polar surface area (TPSA) is 36.9 Å². The third kappa shape index (κ3) is 2.14. The highest BCUT2D eigenvalue weighted by Gasteiger charge is 2.16. The number of nitrogens with zero attached hydrogens (tertiary/aromatic N) is 1. The van der Waals surface area contributed by atoms with Crippen LogP contribution in [0.25, 0.3) is 0 Å². The zero-order valence-corrected chi connectivity index (χ0v) is 9.18. The van der Waals surface area contributed by atoms with E-state index in [2.05, 4.69) is 37.3 Å². The summed E-state index contributed by atoms with van der Waals surface area (Å²) >= 11 is 0. The summed E-state index contributed by atoms with van der Waals surface area (Å²) in [6.45, 7) is 2.05. The Balaban J connectivity index is 2.33. The van der Waals surface area contributed by atoms with Crippen LogP contribution in [0.1, 0.15) is 29.2 Å². The number of furan rings is 1. The lowest BCUT2D eigenvalue weighted by Gasteiger charge is -2.11. The highest BCUT2D eigenvalue weighted by molar-refractivity contribution is 5.30. The first-order valence-electron chi connectivity index (χ1n) is 5.28. The largest absolute Gasteiger partial charge is 0.469 e. The molecular formula is C14H13NO. The zero-order chi connectivity index (χ0) is 11.4. The van der Waals surface area contributed by atoms with Gasteiger partial charge in [-0.2, -0.15) is 5.26 Å². The van der Waals surface area contributed by atoms with E-state index in [-0.39, 0.29) is 5.92 Å². The molecular weight excluding hydrogens is 198 g/mol. The quantitative estimate of drug-likeness (QED) is 0.777. The van der Waals surface area contributed by atoms with Crippen molar-refractivity contribution in [3.63, 3.8) is 0 Å². The molecule has 0 saturated carbocycles. The van der Waals surface area contributed by atoms with Crippen molar-refractivity contribution < 1.29 is 4.42 Å². The maximum Gasteiger partial charge on any atom is 0.112 e. The number of aryl methyl sites for hydroxylation is 1. The Bertz CT molecular complexity index is 476. The molecule has 0 bridgehead atoms. The lowest BCUT2D eigenvalue weighted by Crippen LogP contribution is -1.98. The number of hydrogen-bond donors (Lipinski definition) is 0. The Morgan fingerprint density at radius 1 is 1.25 bits per heavy atom. The molecule has 0 aliphatic heterocycles. The summed E-state index contributed by atoms with van der Waals surface area (Å²) in [4.78, 5) is 0. The fourth-order valence-corrected chi connectivity index (χ4v) is 1.76. The Labute approximate surface area is 95.1 Å². The molecule has 80 valence electrons. The molecule has 0 aliphatic carbocycles. The molecule has 0 amide bonds. The van der Waals surface area contributed by atoms with E-state index in [1.807, 2.05) is 12.1 Å². The molecule has 1 aromatic carbocycles. The molecule has 0 spiro atoms. The summed E-state index contributed by atoms with van der Waals surface area (Å²) in [5.41, 5.74) is 2.35. The van der Waals surface area contributed by atoms with Crippen LogP contribution in [0.4, 0.5) is 0 Å². The number of nitriles is 1. The minimum atomic E-state index is 0.0422. The van der Waals surface area contributed by atoms with Crippen molar-refractivity contribution in [1.29, 1.82) is 5.26 Å². The molecule has 16 heavy (non-hydrogen) atoms. The molecule has 0 unspecified atom stereocenters. The van der Waals surface area contributed by atoms with Crippen LogP contribution in [-0.4, -0.2) is 0 Å². The van der Waals surface area contributed by atoms with E-state index in [1.54, 1.807) is 6.26 Å². The fourth-order valence-electron chi connectivity index (χ4n) is 1.76. The first-order valence-corrected chi connectivity index (χ1v) is 5.28. The Hall–Kier alpha value is -2.01. The molecule has 2 heteroatoms. The second-order valence-corrected chi connectivity index (χ2v) is 3.84. The lowest BCUT2D eigenvalue weighted by atomic mass is 9.93. The normalized spacial score (nSPS) is 12.0. The highest BCUT2D eigenvalue weighted by atomic mass is 16.3. The van der Waals surface area contributed by atoms with E-state index in [1.165, 1.54) is 5.56 Å². The van der Waals surface area contributed by atoms with Crippen LogP contribution in [0.2, 0.25) is 0 Å². The summed E-state index contributed by atoms with van der Waals surface area (Å²) < 4.78 is 5.38. The van der Waals surface area contributed by atoms with Crippen molar-refractivity contribution >= 4 is 0 Å². The van der Waals surface area contributed by atoms with Crippen LogP contribution < -0.4 is 0 Å². The Kier molecular flexibility index (Phi) is 3.07. The van der Waals surface area contributed by atoms with Crippen molar-refractivity contribution in [2.45, 2.75) is 19.3 Å². The average Bonchev–Trinajstić information content (AvgIpc) is 2.81. The van der Waals surface area contributed by atoms with Gasteiger partial charge in [-0.3, -0.25) is 0 Å². The van der Waals surface area contributed by atoms with Gasteiger partial charge in [0.1, 0.15) is 5.76 Å². The van der Waals surface area contributed by atoms with Gasteiger partial charge >= 0.3 is 0 Å². The third-order valence-electron chi connectivity index (χ3n) is 2.66. The van der Waals surface area contributed by atoms with Crippen LogP contribution in [0.5, 0.6) is 0 Å². The fraction of sp³-hybridized carbons (Fsp3) is 0.214. The van der Waals surface area contributed by atoms with E-state index in [0.29, 0.717) is 6.42 Å². The molecule has 0 aliphatic rings. The molecule has 1 aromatic heterocycles. The first kappa shape index (κ1) is 10.5. The highest BCUT2D eigenvalue weighted by Crippen LogP contribution is 2.28. The van der Waals surface area contributed by atoms with E-state index < -0.39 is 0 Å². The van der Waals surface area contributed by atoms with Gasteiger partial charge in [-0.25, -0.2) is 0 Å². The second kappa shape index (κ2) is 4.67. The summed E-state index contributed by atoms with van der Waals surface area (Å²) in [6, 6.07) is 14.2. The molecule has 1 atom stereocenters. The van der Waals surface area contributed by atoms with Crippen molar-refractivity contribution in [2.24, 2.45) is 0 Å². The average molecular weight is 211 g/mol. The summed E-state index contributed by atoms with van der Waals surface area (Å²) in [6.07, 6.45) is 2.09. The van der Waals surface area contributed by atoms with Gasteiger partial charge in [0.2, 0.25) is 0 Å². The molecule has 2 rings (SSSR count). The van der Waals surface area contributed by atoms with Crippen molar-refractivity contribution in [3.8, 4) is 6.07 Å².